The zero-order valence-electron chi connectivity index (χ0n) is 14.6. The van der Waals surface area contributed by atoms with Crippen LogP contribution >= 0.6 is 11.8 Å². The van der Waals surface area contributed by atoms with Crippen LogP contribution in [0.2, 0.25) is 0 Å². The van der Waals surface area contributed by atoms with E-state index in [0.717, 1.165) is 17.9 Å². The molecule has 0 radical (unpaired) electrons. The van der Waals surface area contributed by atoms with Gasteiger partial charge in [0.1, 0.15) is 5.82 Å². The van der Waals surface area contributed by atoms with Gasteiger partial charge in [-0.1, -0.05) is 42.1 Å². The minimum Gasteiger partial charge on any atom is -0.352 e. The summed E-state index contributed by atoms with van der Waals surface area (Å²) in [5.41, 5.74) is 1.16. The largest absolute Gasteiger partial charge is 0.352 e. The van der Waals surface area contributed by atoms with Crippen molar-refractivity contribution in [2.75, 3.05) is 17.3 Å². The monoisotopic (exact) mass is 394 g/mol. The molecule has 0 aliphatic carbocycles. The summed E-state index contributed by atoms with van der Waals surface area (Å²) in [4.78, 5) is 12.1. The maximum Gasteiger partial charge on any atom is 0.230 e. The summed E-state index contributed by atoms with van der Waals surface area (Å²) < 4.78 is 24.9. The Hall–Kier alpha value is -1.87. The van der Waals surface area contributed by atoms with Crippen LogP contribution in [-0.4, -0.2) is 52.4 Å². The molecule has 0 spiro atoms. The number of hydrogen-bond donors (Lipinski definition) is 1. The van der Waals surface area contributed by atoms with Crippen LogP contribution in [0.15, 0.2) is 35.5 Å². The lowest BCUT2D eigenvalue weighted by molar-refractivity contribution is -0.119. The fourth-order valence-electron chi connectivity index (χ4n) is 2.96. The molecule has 9 heteroatoms. The Bertz CT molecular complexity index is 865. The highest BCUT2D eigenvalue weighted by atomic mass is 32.2. The highest BCUT2D eigenvalue weighted by Gasteiger charge is 2.28. The average Bonchev–Trinajstić information content (AvgIpc) is 3.16. The maximum atomic E-state index is 12.1. The van der Waals surface area contributed by atoms with Gasteiger partial charge in [0.05, 0.1) is 17.3 Å². The third-order valence-electron chi connectivity index (χ3n) is 4.24. The summed E-state index contributed by atoms with van der Waals surface area (Å²) in [5, 5.41) is 12.0. The van der Waals surface area contributed by atoms with Crippen molar-refractivity contribution in [1.82, 2.24) is 20.1 Å². The first kappa shape index (κ1) is 18.9. The Morgan fingerprint density at radius 3 is 2.73 bits per heavy atom. The predicted octanol–water partition coefficient (Wildman–Crippen LogP) is 1.28. The molecule has 1 aliphatic rings. The van der Waals surface area contributed by atoms with Crippen LogP contribution in [0.4, 0.5) is 0 Å². The Balaban J connectivity index is 1.57. The molecule has 26 heavy (non-hydrogen) atoms. The zero-order chi connectivity index (χ0) is 18.6. The maximum absolute atomic E-state index is 12.1. The number of aromatic nitrogens is 3. The van der Waals surface area contributed by atoms with Gasteiger partial charge in [0.2, 0.25) is 5.91 Å². The summed E-state index contributed by atoms with van der Waals surface area (Å²) in [6, 6.07) is 9.78. The first-order chi connectivity index (χ1) is 12.5. The van der Waals surface area contributed by atoms with Gasteiger partial charge in [0.15, 0.2) is 15.0 Å². The van der Waals surface area contributed by atoms with E-state index in [0.29, 0.717) is 18.0 Å². The van der Waals surface area contributed by atoms with E-state index < -0.39 is 9.84 Å². The smallest absolute Gasteiger partial charge is 0.230 e. The number of nitrogens with zero attached hydrogens (tertiary/aromatic N) is 3. The van der Waals surface area contributed by atoms with Gasteiger partial charge in [0, 0.05) is 19.0 Å². The zero-order valence-corrected chi connectivity index (χ0v) is 16.2. The fourth-order valence-corrected chi connectivity index (χ4v) is 5.47. The summed E-state index contributed by atoms with van der Waals surface area (Å²) in [5.74, 6) is 1.07. The van der Waals surface area contributed by atoms with Crippen molar-refractivity contribution in [3.05, 3.63) is 41.7 Å². The van der Waals surface area contributed by atoms with Crippen molar-refractivity contribution >= 4 is 27.5 Å². The summed E-state index contributed by atoms with van der Waals surface area (Å²) >= 11 is 1.32. The molecule has 1 atom stereocenters. The van der Waals surface area contributed by atoms with Gasteiger partial charge in [-0.3, -0.25) is 4.79 Å². The van der Waals surface area contributed by atoms with E-state index in [9.17, 15) is 13.2 Å². The minimum absolute atomic E-state index is 0.0375. The SMILES string of the molecule is CCn1c(Cc2ccccc2)nnc1SCC(=O)NC1CCS(=O)(=O)C1. The molecule has 1 N–H and O–H groups in total. The van der Waals surface area contributed by atoms with E-state index in [1.165, 1.54) is 11.8 Å². The molecular weight excluding hydrogens is 372 g/mol. The van der Waals surface area contributed by atoms with E-state index in [1.807, 2.05) is 41.8 Å². The van der Waals surface area contributed by atoms with Crippen molar-refractivity contribution in [2.45, 2.75) is 37.5 Å². The average molecular weight is 395 g/mol. The highest BCUT2D eigenvalue weighted by molar-refractivity contribution is 7.99. The van der Waals surface area contributed by atoms with Gasteiger partial charge in [-0.2, -0.15) is 0 Å². The first-order valence-electron chi connectivity index (χ1n) is 8.55. The van der Waals surface area contributed by atoms with E-state index in [4.69, 9.17) is 0 Å². The Kier molecular flexibility index (Phi) is 5.98. The number of carbonyl (C=O) groups excluding carboxylic acids is 1. The number of rotatable bonds is 7. The number of thioether (sulfide) groups is 1. The van der Waals surface area contributed by atoms with Crippen LogP contribution < -0.4 is 5.32 Å². The van der Waals surface area contributed by atoms with Crippen LogP contribution in [0.1, 0.15) is 24.7 Å². The van der Waals surface area contributed by atoms with Gasteiger partial charge in [0.25, 0.3) is 0 Å². The molecule has 1 aliphatic heterocycles. The second kappa shape index (κ2) is 8.22. The van der Waals surface area contributed by atoms with Crippen LogP contribution in [0.25, 0.3) is 0 Å². The molecule has 1 saturated heterocycles. The van der Waals surface area contributed by atoms with Crippen molar-refractivity contribution in [3.8, 4) is 0 Å². The number of amides is 1. The van der Waals surface area contributed by atoms with E-state index >= 15 is 0 Å². The van der Waals surface area contributed by atoms with Crippen LogP contribution in [-0.2, 0) is 27.6 Å². The fraction of sp³-hybridized carbons (Fsp3) is 0.471. The van der Waals surface area contributed by atoms with Crippen molar-refractivity contribution in [2.24, 2.45) is 0 Å². The lowest BCUT2D eigenvalue weighted by Crippen LogP contribution is -2.36. The second-order valence-electron chi connectivity index (χ2n) is 6.26. The van der Waals surface area contributed by atoms with Crippen molar-refractivity contribution in [3.63, 3.8) is 0 Å². The van der Waals surface area contributed by atoms with Crippen LogP contribution in [0.3, 0.4) is 0 Å². The summed E-state index contributed by atoms with van der Waals surface area (Å²) in [7, 11) is -2.99. The minimum atomic E-state index is -2.99. The molecule has 2 aromatic rings. The van der Waals surface area contributed by atoms with Crippen molar-refractivity contribution < 1.29 is 13.2 Å². The highest BCUT2D eigenvalue weighted by Crippen LogP contribution is 2.19. The van der Waals surface area contributed by atoms with Crippen LogP contribution in [0, 0.1) is 0 Å². The Morgan fingerprint density at radius 1 is 1.31 bits per heavy atom. The lowest BCUT2D eigenvalue weighted by atomic mass is 10.1. The number of hydrogen-bond acceptors (Lipinski definition) is 6. The normalized spacial score (nSPS) is 18.7. The van der Waals surface area contributed by atoms with Gasteiger partial charge in [-0.15, -0.1) is 10.2 Å². The number of sulfone groups is 1. The van der Waals surface area contributed by atoms with Gasteiger partial charge >= 0.3 is 0 Å². The molecule has 1 aromatic carbocycles. The lowest BCUT2D eigenvalue weighted by Gasteiger charge is -2.11. The topological polar surface area (TPSA) is 93.9 Å². The quantitative estimate of drug-likeness (QED) is 0.711. The molecule has 1 amide bonds. The molecule has 0 saturated carbocycles. The molecule has 1 unspecified atom stereocenters. The molecule has 1 aromatic heterocycles. The van der Waals surface area contributed by atoms with Gasteiger partial charge < -0.3 is 9.88 Å². The summed E-state index contributed by atoms with van der Waals surface area (Å²) in [6.07, 6.45) is 1.18. The number of carbonyl (C=O) groups is 1. The molecule has 3 rings (SSSR count). The predicted molar refractivity (Wildman–Crippen MR) is 101 cm³/mol. The third kappa shape index (κ3) is 4.85. The molecular formula is C17H22N4O3S2. The Morgan fingerprint density at radius 2 is 2.08 bits per heavy atom. The molecule has 0 bridgehead atoms. The first-order valence-corrected chi connectivity index (χ1v) is 11.4. The van der Waals surface area contributed by atoms with Gasteiger partial charge in [-0.05, 0) is 18.9 Å². The van der Waals surface area contributed by atoms with E-state index in [1.54, 1.807) is 0 Å². The van der Waals surface area contributed by atoms with Crippen LogP contribution in [0.5, 0.6) is 0 Å². The van der Waals surface area contributed by atoms with Gasteiger partial charge in [-0.25, -0.2) is 8.42 Å². The molecule has 2 heterocycles. The molecule has 7 nitrogen and oxygen atoms in total. The van der Waals surface area contributed by atoms with Crippen molar-refractivity contribution in [1.29, 1.82) is 0 Å². The standard InChI is InChI=1S/C17H22N4O3S2/c1-2-21-15(10-13-6-4-3-5-7-13)19-20-17(21)25-11-16(22)18-14-8-9-26(23,24)12-14/h3-7,14H,2,8-12H2,1H3,(H,18,22). The number of benzene rings is 1. The van der Waals surface area contributed by atoms with E-state index in [-0.39, 0.29) is 29.2 Å². The molecule has 1 fully saturated rings. The number of nitrogens with one attached hydrogen (secondary N) is 1. The second-order valence-corrected chi connectivity index (χ2v) is 9.43. The van der Waals surface area contributed by atoms with E-state index in [2.05, 4.69) is 15.5 Å². The molecule has 140 valence electrons. The summed E-state index contributed by atoms with van der Waals surface area (Å²) in [6.45, 7) is 2.74. The Labute approximate surface area is 157 Å². The third-order valence-corrected chi connectivity index (χ3v) is 6.98.